The van der Waals surface area contributed by atoms with Gasteiger partial charge in [-0.05, 0) is 43.4 Å². The summed E-state index contributed by atoms with van der Waals surface area (Å²) in [5, 5.41) is 0.583. The minimum atomic E-state index is -0.516. The molecule has 5 nitrogen and oxygen atoms in total. The second kappa shape index (κ2) is 6.20. The Balaban J connectivity index is 1.43. The van der Waals surface area contributed by atoms with Gasteiger partial charge < -0.3 is 14.4 Å². The highest BCUT2D eigenvalue weighted by molar-refractivity contribution is 6.31. The van der Waals surface area contributed by atoms with Crippen molar-refractivity contribution in [2.75, 3.05) is 19.7 Å². The highest BCUT2D eigenvalue weighted by atomic mass is 35.5. The lowest BCUT2D eigenvalue weighted by molar-refractivity contribution is -0.00946. The number of nitrogens with zero attached hydrogens (tertiary/aromatic N) is 1. The van der Waals surface area contributed by atoms with Crippen LogP contribution < -0.4 is 4.74 Å². The van der Waals surface area contributed by atoms with E-state index in [0.717, 1.165) is 18.4 Å². The van der Waals surface area contributed by atoms with Crippen molar-refractivity contribution in [3.05, 3.63) is 28.3 Å². The van der Waals surface area contributed by atoms with Crippen molar-refractivity contribution in [2.24, 2.45) is 5.92 Å². The first-order valence-electron chi connectivity index (χ1n) is 8.90. The molecule has 0 N–H and O–H groups in total. The van der Waals surface area contributed by atoms with E-state index in [0.29, 0.717) is 61.2 Å². The van der Waals surface area contributed by atoms with Gasteiger partial charge in [0.2, 0.25) is 0 Å². The standard InChI is InChI=1S/C19H22ClNO4/c1-12-8-17-14(9-15(12)20)16(22)10-19(25-17)4-6-21(7-5-19)18(23)24-11-13-2-3-13/h8-9,13H,2-7,10-11H2,1H3. The number of carbonyl (C=O) groups excluding carboxylic acids is 2. The normalized spacial score (nSPS) is 21.7. The van der Waals surface area contributed by atoms with Crippen LogP contribution in [0.1, 0.15) is 48.0 Å². The van der Waals surface area contributed by atoms with E-state index in [-0.39, 0.29) is 11.9 Å². The van der Waals surface area contributed by atoms with Gasteiger partial charge in [0.1, 0.15) is 11.4 Å². The van der Waals surface area contributed by atoms with Crippen molar-refractivity contribution < 1.29 is 19.1 Å². The minimum absolute atomic E-state index is 0.0629. The Labute approximate surface area is 152 Å². The molecule has 0 bridgehead atoms. The van der Waals surface area contributed by atoms with E-state index < -0.39 is 5.60 Å². The molecule has 2 aliphatic heterocycles. The quantitative estimate of drug-likeness (QED) is 0.797. The lowest BCUT2D eigenvalue weighted by atomic mass is 9.82. The average Bonchev–Trinajstić information content (AvgIpc) is 3.40. The highest BCUT2D eigenvalue weighted by Crippen LogP contribution is 2.41. The van der Waals surface area contributed by atoms with Crippen LogP contribution in [0.3, 0.4) is 0 Å². The number of amides is 1. The second-order valence-electron chi connectivity index (χ2n) is 7.49. The van der Waals surface area contributed by atoms with Gasteiger partial charge in [-0.25, -0.2) is 4.79 Å². The molecule has 1 amide bonds. The van der Waals surface area contributed by atoms with Crippen LogP contribution in [0.15, 0.2) is 12.1 Å². The van der Waals surface area contributed by atoms with Crippen LogP contribution in [0.2, 0.25) is 5.02 Å². The number of hydrogen-bond acceptors (Lipinski definition) is 4. The Morgan fingerprint density at radius 2 is 2.08 bits per heavy atom. The molecular formula is C19H22ClNO4. The molecule has 134 valence electrons. The number of hydrogen-bond donors (Lipinski definition) is 0. The van der Waals surface area contributed by atoms with E-state index in [4.69, 9.17) is 21.1 Å². The second-order valence-corrected chi connectivity index (χ2v) is 7.90. The SMILES string of the molecule is Cc1cc2c(cc1Cl)C(=O)CC1(CCN(C(=O)OCC3CC3)CC1)O2. The minimum Gasteiger partial charge on any atom is -0.486 e. The van der Waals surface area contributed by atoms with E-state index in [1.165, 1.54) is 0 Å². The molecule has 1 aromatic rings. The van der Waals surface area contributed by atoms with Gasteiger partial charge >= 0.3 is 6.09 Å². The Bertz CT molecular complexity index is 720. The number of piperidine rings is 1. The molecule has 1 aromatic carbocycles. The number of likely N-dealkylation sites (tertiary alicyclic amines) is 1. The van der Waals surface area contributed by atoms with Crippen molar-refractivity contribution in [1.29, 1.82) is 0 Å². The predicted octanol–water partition coefficient (Wildman–Crippen LogP) is 3.99. The highest BCUT2D eigenvalue weighted by Gasteiger charge is 2.44. The molecule has 0 atom stereocenters. The molecule has 4 rings (SSSR count). The summed E-state index contributed by atoms with van der Waals surface area (Å²) in [4.78, 5) is 26.4. The molecule has 1 saturated carbocycles. The van der Waals surface area contributed by atoms with Crippen molar-refractivity contribution in [2.45, 2.75) is 44.6 Å². The van der Waals surface area contributed by atoms with Crippen molar-refractivity contribution in [3.63, 3.8) is 0 Å². The summed E-state index contributed by atoms with van der Waals surface area (Å²) in [6, 6.07) is 3.54. The van der Waals surface area contributed by atoms with E-state index in [1.807, 2.05) is 13.0 Å². The Kier molecular flexibility index (Phi) is 4.14. The summed E-state index contributed by atoms with van der Waals surface area (Å²) in [5.41, 5.74) is 0.941. The number of benzene rings is 1. The molecule has 0 aromatic heterocycles. The number of fused-ring (bicyclic) bond motifs is 1. The predicted molar refractivity (Wildman–Crippen MR) is 93.4 cm³/mol. The maximum atomic E-state index is 12.6. The number of Topliss-reactive ketones (excluding diaryl/α,β-unsaturated/α-hetero) is 1. The zero-order valence-electron chi connectivity index (χ0n) is 14.3. The third-order valence-electron chi connectivity index (χ3n) is 5.44. The maximum Gasteiger partial charge on any atom is 0.409 e. The Morgan fingerprint density at radius 3 is 2.76 bits per heavy atom. The fourth-order valence-electron chi connectivity index (χ4n) is 3.56. The molecule has 0 unspecified atom stereocenters. The van der Waals surface area contributed by atoms with Gasteiger partial charge in [-0.2, -0.15) is 0 Å². The van der Waals surface area contributed by atoms with Crippen LogP contribution in [0.4, 0.5) is 4.79 Å². The fourth-order valence-corrected chi connectivity index (χ4v) is 3.72. The summed E-state index contributed by atoms with van der Waals surface area (Å²) >= 11 is 6.13. The Hall–Kier alpha value is -1.75. The zero-order valence-corrected chi connectivity index (χ0v) is 15.1. The molecule has 1 aliphatic carbocycles. The van der Waals surface area contributed by atoms with E-state index in [9.17, 15) is 9.59 Å². The van der Waals surface area contributed by atoms with Crippen LogP contribution in [0.25, 0.3) is 0 Å². The summed E-state index contributed by atoms with van der Waals surface area (Å²) in [5.74, 6) is 1.24. The summed E-state index contributed by atoms with van der Waals surface area (Å²) in [6.07, 6.45) is 3.69. The smallest absolute Gasteiger partial charge is 0.409 e. The molecule has 6 heteroatoms. The molecule has 3 aliphatic rings. The van der Waals surface area contributed by atoms with Gasteiger partial charge in [-0.1, -0.05) is 11.6 Å². The van der Waals surface area contributed by atoms with Gasteiger partial charge in [0.05, 0.1) is 18.6 Å². The summed E-state index contributed by atoms with van der Waals surface area (Å²) in [7, 11) is 0. The van der Waals surface area contributed by atoms with E-state index >= 15 is 0 Å². The molecule has 25 heavy (non-hydrogen) atoms. The first kappa shape index (κ1) is 16.7. The number of halogens is 1. The topological polar surface area (TPSA) is 55.8 Å². The average molecular weight is 364 g/mol. The number of carbonyl (C=O) groups is 2. The van der Waals surface area contributed by atoms with E-state index in [2.05, 4.69) is 0 Å². The lowest BCUT2D eigenvalue weighted by Crippen LogP contribution is -2.52. The summed E-state index contributed by atoms with van der Waals surface area (Å²) < 4.78 is 11.6. The number of aryl methyl sites for hydroxylation is 1. The van der Waals surface area contributed by atoms with Gasteiger partial charge in [0.25, 0.3) is 0 Å². The first-order chi connectivity index (χ1) is 12.0. The van der Waals surface area contributed by atoms with Gasteiger partial charge in [-0.3, -0.25) is 4.79 Å². The maximum absolute atomic E-state index is 12.6. The van der Waals surface area contributed by atoms with Crippen molar-refractivity contribution >= 4 is 23.5 Å². The Morgan fingerprint density at radius 1 is 1.36 bits per heavy atom. The molecule has 2 fully saturated rings. The van der Waals surface area contributed by atoms with Gasteiger partial charge in [0, 0.05) is 31.0 Å². The van der Waals surface area contributed by atoms with Crippen LogP contribution in [0, 0.1) is 12.8 Å². The van der Waals surface area contributed by atoms with Crippen LogP contribution in [-0.4, -0.2) is 42.1 Å². The fraction of sp³-hybridized carbons (Fsp3) is 0.579. The first-order valence-corrected chi connectivity index (χ1v) is 9.28. The molecular weight excluding hydrogens is 342 g/mol. The summed E-state index contributed by atoms with van der Waals surface area (Å²) in [6.45, 7) is 3.54. The van der Waals surface area contributed by atoms with Gasteiger partial charge in [0.15, 0.2) is 5.78 Å². The largest absolute Gasteiger partial charge is 0.486 e. The van der Waals surface area contributed by atoms with Crippen molar-refractivity contribution in [1.82, 2.24) is 4.90 Å². The number of ketones is 1. The molecule has 1 spiro atoms. The van der Waals surface area contributed by atoms with Crippen LogP contribution in [-0.2, 0) is 4.74 Å². The molecule has 2 heterocycles. The van der Waals surface area contributed by atoms with Crippen LogP contribution in [0.5, 0.6) is 5.75 Å². The third kappa shape index (κ3) is 3.34. The number of ether oxygens (including phenoxy) is 2. The number of rotatable bonds is 2. The van der Waals surface area contributed by atoms with Gasteiger partial charge in [-0.15, -0.1) is 0 Å². The molecule has 1 saturated heterocycles. The monoisotopic (exact) mass is 363 g/mol. The molecule has 0 radical (unpaired) electrons. The van der Waals surface area contributed by atoms with Crippen LogP contribution >= 0.6 is 11.6 Å². The third-order valence-corrected chi connectivity index (χ3v) is 5.85. The zero-order chi connectivity index (χ0) is 17.6. The van der Waals surface area contributed by atoms with Crippen molar-refractivity contribution in [3.8, 4) is 5.75 Å². The lowest BCUT2D eigenvalue weighted by Gasteiger charge is -2.43. The van der Waals surface area contributed by atoms with E-state index in [1.54, 1.807) is 11.0 Å².